The molecule has 0 saturated heterocycles. The number of urea groups is 1. The van der Waals surface area contributed by atoms with Crippen molar-refractivity contribution in [2.75, 3.05) is 11.4 Å². The topological polar surface area (TPSA) is 101 Å². The van der Waals surface area contributed by atoms with Crippen LogP contribution in [0.1, 0.15) is 18.4 Å². The van der Waals surface area contributed by atoms with Gasteiger partial charge in [0, 0.05) is 18.3 Å². The molecule has 1 fully saturated rings. The molecule has 0 aromatic heterocycles. The van der Waals surface area contributed by atoms with Crippen LogP contribution in [0.4, 0.5) is 10.5 Å². The van der Waals surface area contributed by atoms with Gasteiger partial charge in [0.2, 0.25) is 5.91 Å². The van der Waals surface area contributed by atoms with E-state index in [-0.39, 0.29) is 12.5 Å². The summed E-state index contributed by atoms with van der Waals surface area (Å²) in [5.41, 5.74) is 12.5. The summed E-state index contributed by atoms with van der Waals surface area (Å²) in [6.45, 7) is 0.626. The maximum absolute atomic E-state index is 11.6. The fraction of sp³-hybridized carbons (Fsp3) is 0.385. The summed E-state index contributed by atoms with van der Waals surface area (Å²) >= 11 is 0. The van der Waals surface area contributed by atoms with Gasteiger partial charge in [0.05, 0.1) is 6.54 Å². The van der Waals surface area contributed by atoms with Crippen LogP contribution in [0, 0.1) is 0 Å². The molecule has 102 valence electrons. The average molecular weight is 262 g/mol. The van der Waals surface area contributed by atoms with Gasteiger partial charge in [-0.3, -0.25) is 10.1 Å². The molecule has 0 aliphatic heterocycles. The van der Waals surface area contributed by atoms with Crippen molar-refractivity contribution in [3.63, 3.8) is 0 Å². The van der Waals surface area contributed by atoms with Crippen LogP contribution in [0.15, 0.2) is 24.3 Å². The highest BCUT2D eigenvalue weighted by Gasteiger charge is 2.30. The van der Waals surface area contributed by atoms with Gasteiger partial charge in [0.25, 0.3) is 0 Å². The molecule has 1 aliphatic carbocycles. The van der Waals surface area contributed by atoms with E-state index in [1.54, 1.807) is 0 Å². The summed E-state index contributed by atoms with van der Waals surface area (Å²) < 4.78 is 0. The van der Waals surface area contributed by atoms with E-state index in [4.69, 9.17) is 11.5 Å². The van der Waals surface area contributed by atoms with Gasteiger partial charge >= 0.3 is 6.03 Å². The number of imide groups is 1. The van der Waals surface area contributed by atoms with E-state index >= 15 is 0 Å². The minimum atomic E-state index is -0.820. The number of rotatable bonds is 5. The highest BCUT2D eigenvalue weighted by atomic mass is 16.2. The molecule has 0 heterocycles. The van der Waals surface area contributed by atoms with Crippen LogP contribution in [0.3, 0.4) is 0 Å². The summed E-state index contributed by atoms with van der Waals surface area (Å²) in [4.78, 5) is 24.3. The molecular weight excluding hydrogens is 244 g/mol. The van der Waals surface area contributed by atoms with Gasteiger partial charge in [-0.25, -0.2) is 4.79 Å². The number of hydrogen-bond acceptors (Lipinski definition) is 4. The van der Waals surface area contributed by atoms with Crippen LogP contribution < -0.4 is 21.7 Å². The van der Waals surface area contributed by atoms with Crippen LogP contribution in [0.25, 0.3) is 0 Å². The van der Waals surface area contributed by atoms with Crippen LogP contribution in [0.2, 0.25) is 0 Å². The third kappa shape index (κ3) is 3.69. The van der Waals surface area contributed by atoms with Gasteiger partial charge in [-0.15, -0.1) is 0 Å². The highest BCUT2D eigenvalue weighted by molar-refractivity contribution is 5.95. The first-order valence-electron chi connectivity index (χ1n) is 6.25. The number of amides is 3. The molecule has 0 bridgehead atoms. The second-order valence-electron chi connectivity index (χ2n) is 4.64. The molecule has 1 aromatic carbocycles. The Morgan fingerprint density at radius 1 is 1.26 bits per heavy atom. The van der Waals surface area contributed by atoms with Crippen LogP contribution in [0.5, 0.6) is 0 Å². The van der Waals surface area contributed by atoms with Crippen molar-refractivity contribution in [3.8, 4) is 0 Å². The zero-order valence-electron chi connectivity index (χ0n) is 10.6. The van der Waals surface area contributed by atoms with Crippen molar-refractivity contribution >= 4 is 17.6 Å². The first-order chi connectivity index (χ1) is 9.10. The maximum Gasteiger partial charge on any atom is 0.318 e. The van der Waals surface area contributed by atoms with E-state index in [9.17, 15) is 9.59 Å². The summed E-state index contributed by atoms with van der Waals surface area (Å²) in [5, 5.41) is 2.09. The van der Waals surface area contributed by atoms with Gasteiger partial charge in [0.15, 0.2) is 0 Å². The van der Waals surface area contributed by atoms with Gasteiger partial charge in [-0.05, 0) is 30.5 Å². The molecule has 6 heteroatoms. The minimum absolute atomic E-state index is 0.135. The van der Waals surface area contributed by atoms with Crippen molar-refractivity contribution in [2.45, 2.75) is 25.4 Å². The first kappa shape index (κ1) is 13.4. The number of hydrogen-bond donors (Lipinski definition) is 3. The van der Waals surface area contributed by atoms with Crippen molar-refractivity contribution in [1.82, 2.24) is 5.32 Å². The van der Waals surface area contributed by atoms with Crippen LogP contribution >= 0.6 is 0 Å². The lowest BCUT2D eigenvalue weighted by Crippen LogP contribution is -2.43. The molecule has 0 spiro atoms. The Hall–Kier alpha value is -2.08. The largest absolute Gasteiger partial charge is 0.359 e. The number of nitrogens with two attached hydrogens (primary N) is 2. The maximum atomic E-state index is 11.6. The summed E-state index contributed by atoms with van der Waals surface area (Å²) in [5.74, 6) is -0.387. The lowest BCUT2D eigenvalue weighted by molar-refractivity contribution is -0.118. The Labute approximate surface area is 111 Å². The second-order valence-corrected chi connectivity index (χ2v) is 4.64. The first-order valence-corrected chi connectivity index (χ1v) is 6.25. The number of nitrogens with one attached hydrogen (secondary N) is 1. The Morgan fingerprint density at radius 2 is 1.89 bits per heavy atom. The molecule has 1 aliphatic rings. The minimum Gasteiger partial charge on any atom is -0.359 e. The molecule has 0 radical (unpaired) electrons. The van der Waals surface area contributed by atoms with Crippen LogP contribution in [-0.2, 0) is 11.3 Å². The number of nitrogens with zero attached hydrogens (tertiary/aromatic N) is 1. The standard InChI is InChI=1S/C13H18N4O2/c14-7-9-1-3-10(4-2-9)17(11-5-6-11)8-12(18)16-13(15)19/h1-4,11H,5-8,14H2,(H3,15,16,18,19). The summed E-state index contributed by atoms with van der Waals surface area (Å²) in [6.07, 6.45) is 2.12. The predicted octanol–water partition coefficient (Wildman–Crippen LogP) is 0.309. The monoisotopic (exact) mass is 262 g/mol. The molecule has 0 unspecified atom stereocenters. The molecule has 19 heavy (non-hydrogen) atoms. The zero-order valence-corrected chi connectivity index (χ0v) is 10.6. The number of primary amides is 1. The number of benzene rings is 1. The van der Waals surface area contributed by atoms with Crippen molar-refractivity contribution in [3.05, 3.63) is 29.8 Å². The lowest BCUT2D eigenvalue weighted by Gasteiger charge is -2.23. The number of anilines is 1. The quantitative estimate of drug-likeness (QED) is 0.710. The fourth-order valence-electron chi connectivity index (χ4n) is 1.97. The van der Waals surface area contributed by atoms with E-state index in [2.05, 4.69) is 5.32 Å². The summed E-state index contributed by atoms with van der Waals surface area (Å²) in [6, 6.07) is 7.31. The average Bonchev–Trinajstić information content (AvgIpc) is 3.19. The summed E-state index contributed by atoms with van der Waals surface area (Å²) in [7, 11) is 0. The van der Waals surface area contributed by atoms with Gasteiger partial charge < -0.3 is 16.4 Å². The molecule has 1 saturated carbocycles. The third-order valence-corrected chi connectivity index (χ3v) is 3.07. The molecule has 3 amide bonds. The fourth-order valence-corrected chi connectivity index (χ4v) is 1.97. The Kier molecular flexibility index (Phi) is 4.01. The van der Waals surface area contributed by atoms with E-state index in [0.717, 1.165) is 24.1 Å². The molecular formula is C13H18N4O2. The van der Waals surface area contributed by atoms with Crippen molar-refractivity contribution in [1.29, 1.82) is 0 Å². The molecule has 0 atom stereocenters. The van der Waals surface area contributed by atoms with Crippen molar-refractivity contribution < 1.29 is 9.59 Å². The Bertz CT molecular complexity index is 468. The molecule has 6 nitrogen and oxygen atoms in total. The highest BCUT2D eigenvalue weighted by Crippen LogP contribution is 2.31. The molecule has 1 aromatic rings. The third-order valence-electron chi connectivity index (χ3n) is 3.07. The van der Waals surface area contributed by atoms with Crippen molar-refractivity contribution in [2.24, 2.45) is 11.5 Å². The Balaban J connectivity index is 2.06. The van der Waals surface area contributed by atoms with Crippen LogP contribution in [-0.4, -0.2) is 24.5 Å². The van der Waals surface area contributed by atoms with E-state index in [1.165, 1.54) is 0 Å². The number of carbonyl (C=O) groups is 2. The van der Waals surface area contributed by atoms with E-state index in [1.807, 2.05) is 29.2 Å². The second kappa shape index (κ2) is 5.71. The van der Waals surface area contributed by atoms with Gasteiger partial charge in [-0.1, -0.05) is 12.1 Å². The zero-order chi connectivity index (χ0) is 13.8. The lowest BCUT2D eigenvalue weighted by atomic mass is 10.2. The van der Waals surface area contributed by atoms with E-state index in [0.29, 0.717) is 12.6 Å². The smallest absolute Gasteiger partial charge is 0.318 e. The normalized spacial score (nSPS) is 13.9. The number of carbonyl (C=O) groups excluding carboxylic acids is 2. The van der Waals surface area contributed by atoms with Gasteiger partial charge in [-0.2, -0.15) is 0 Å². The predicted molar refractivity (Wildman–Crippen MR) is 72.4 cm³/mol. The Morgan fingerprint density at radius 3 is 2.37 bits per heavy atom. The molecule has 2 rings (SSSR count). The van der Waals surface area contributed by atoms with E-state index < -0.39 is 6.03 Å². The molecule has 5 N–H and O–H groups in total. The SMILES string of the molecule is NCc1ccc(N(CC(=O)NC(N)=O)C2CC2)cc1. The van der Waals surface area contributed by atoms with Gasteiger partial charge in [0.1, 0.15) is 0 Å².